The first-order chi connectivity index (χ1) is 23.0. The van der Waals surface area contributed by atoms with Gasteiger partial charge in [0.1, 0.15) is 39.9 Å². The lowest BCUT2D eigenvalue weighted by molar-refractivity contribution is -0.164. The molecule has 2 aliphatic rings. The highest BCUT2D eigenvalue weighted by Gasteiger charge is 2.41. The Balaban J connectivity index is 1.57. The van der Waals surface area contributed by atoms with Crippen LogP contribution in [0.1, 0.15) is 77.5 Å². The number of alkyl halides is 2. The average molecular weight is 706 g/mol. The smallest absolute Gasteiger partial charge is 0.387 e. The number of thiophene rings is 1. The number of hydrogen-bond donors (Lipinski definition) is 0. The highest BCUT2D eigenvalue weighted by Crippen LogP contribution is 2.40. The van der Waals surface area contributed by atoms with E-state index in [0.717, 1.165) is 46.9 Å². The van der Waals surface area contributed by atoms with E-state index in [-0.39, 0.29) is 46.2 Å². The zero-order chi connectivity index (χ0) is 35.4. The zero-order valence-corrected chi connectivity index (χ0v) is 28.8. The number of hydrogen-bond acceptors (Lipinski definition) is 10. The number of nitrogens with zero attached hydrogens (tertiary/aromatic N) is 3. The fraction of sp³-hybridized carbons (Fsp3) is 0.529. The first kappa shape index (κ1) is 34.9. The molecule has 0 aliphatic carbocycles. The Labute approximate surface area is 283 Å². The molecule has 49 heavy (non-hydrogen) atoms. The van der Waals surface area contributed by atoms with Crippen molar-refractivity contribution in [2.24, 2.45) is 0 Å². The first-order valence-corrected chi connectivity index (χ1v) is 16.8. The van der Waals surface area contributed by atoms with Crippen molar-refractivity contribution >= 4 is 27.5 Å². The van der Waals surface area contributed by atoms with Crippen molar-refractivity contribution in [2.45, 2.75) is 116 Å². The Hall–Kier alpha value is -3.95. The number of oxazole rings is 1. The van der Waals surface area contributed by atoms with Gasteiger partial charge in [-0.2, -0.15) is 8.78 Å². The highest BCUT2D eigenvalue weighted by molar-refractivity contribution is 7.22. The molecule has 5 heterocycles. The summed E-state index contributed by atoms with van der Waals surface area (Å²) >= 11 is 1.06. The van der Waals surface area contributed by atoms with Gasteiger partial charge in [0.05, 0.1) is 41.3 Å². The second-order valence-corrected chi connectivity index (χ2v) is 14.9. The van der Waals surface area contributed by atoms with Gasteiger partial charge in [0.15, 0.2) is 0 Å². The van der Waals surface area contributed by atoms with Crippen molar-refractivity contribution in [1.82, 2.24) is 14.1 Å². The summed E-state index contributed by atoms with van der Waals surface area (Å²) in [4.78, 5) is 47.3. The lowest BCUT2D eigenvalue weighted by Crippen LogP contribution is -2.54. The van der Waals surface area contributed by atoms with E-state index in [1.165, 1.54) is 30.9 Å². The van der Waals surface area contributed by atoms with Gasteiger partial charge in [-0.15, -0.1) is 11.3 Å². The molecule has 2 bridgehead atoms. The molecule has 6 rings (SSSR count). The number of halogens is 3. The molecule has 4 aromatic rings. The number of carbonyl (C=O) groups excluding carboxylic acids is 1. The molecule has 3 aromatic heterocycles. The molecule has 2 saturated heterocycles. The van der Waals surface area contributed by atoms with Gasteiger partial charge >= 0.3 is 18.3 Å². The monoisotopic (exact) mass is 705 g/mol. The molecule has 15 heteroatoms. The number of carbonyl (C=O) groups is 1. The Morgan fingerprint density at radius 1 is 1.12 bits per heavy atom. The minimum Gasteiger partial charge on any atom is -0.458 e. The van der Waals surface area contributed by atoms with Crippen LogP contribution in [0.4, 0.5) is 13.2 Å². The number of rotatable bonds is 10. The number of aryl methyl sites for hydroxylation is 1. The minimum atomic E-state index is -3.22. The van der Waals surface area contributed by atoms with E-state index in [2.05, 4.69) is 4.98 Å². The molecular formula is C34H38F3N3O8S. The molecule has 0 saturated carbocycles. The van der Waals surface area contributed by atoms with Gasteiger partial charge in [0.2, 0.25) is 5.89 Å². The van der Waals surface area contributed by atoms with Gasteiger partial charge in [-0.25, -0.2) is 23.5 Å². The molecule has 0 amide bonds. The average Bonchev–Trinajstić information content (AvgIpc) is 3.73. The van der Waals surface area contributed by atoms with Crippen molar-refractivity contribution in [3.8, 4) is 16.5 Å². The Morgan fingerprint density at radius 2 is 1.82 bits per heavy atom. The molecule has 0 unspecified atom stereocenters. The van der Waals surface area contributed by atoms with Crippen LogP contribution in [0.15, 0.2) is 44.7 Å². The summed E-state index contributed by atoms with van der Waals surface area (Å²) in [6.07, 6.45) is 3.79. The number of benzene rings is 1. The van der Waals surface area contributed by atoms with Gasteiger partial charge in [-0.1, -0.05) is 0 Å². The van der Waals surface area contributed by atoms with Gasteiger partial charge in [0.25, 0.3) is 5.56 Å². The summed E-state index contributed by atoms with van der Waals surface area (Å²) < 4.78 is 72.7. The quantitative estimate of drug-likeness (QED) is 0.171. The van der Waals surface area contributed by atoms with Crippen molar-refractivity contribution in [3.05, 3.63) is 68.4 Å². The lowest BCUT2D eigenvalue weighted by atomic mass is 10.0. The largest absolute Gasteiger partial charge is 0.458 e. The second kappa shape index (κ2) is 13.1. The van der Waals surface area contributed by atoms with Crippen molar-refractivity contribution in [3.63, 3.8) is 0 Å². The van der Waals surface area contributed by atoms with E-state index >= 15 is 0 Å². The van der Waals surface area contributed by atoms with E-state index in [0.29, 0.717) is 23.3 Å². The standard InChI is InChI=1S/C34H38F3N3O8S/c1-17-25-28(41)40(34(5,6)30(42)48-33(2,3)4)32(43)39(29(25)49-26(17)27-38-11-12-44-27)16-24(46-21-14-19-8-9-20(15-21)45-19)22-13-18(35)7-10-23(22)47-31(36)37/h7,10-13,19-21,24,31H,8-9,14-16H2,1-6H3/t19-,20+,21+,24-/m0/s1. The molecule has 2 fully saturated rings. The van der Waals surface area contributed by atoms with Crippen molar-refractivity contribution in [1.29, 1.82) is 0 Å². The summed E-state index contributed by atoms with van der Waals surface area (Å²) in [5.41, 5.74) is -3.97. The molecule has 1 aromatic carbocycles. The van der Waals surface area contributed by atoms with Gasteiger partial charge in [0, 0.05) is 5.56 Å². The molecule has 4 atom stereocenters. The molecular weight excluding hydrogens is 667 g/mol. The topological polar surface area (TPSA) is 124 Å². The SMILES string of the molecule is Cc1c(-c2ncco2)sc2c1c(=O)n(C(C)(C)C(=O)OC(C)(C)C)c(=O)n2C[C@H](O[C@H]1C[C@H]2CC[C@@H](C1)O2)c1cc(F)ccc1OC(F)F. The number of esters is 1. The zero-order valence-electron chi connectivity index (χ0n) is 28.0. The highest BCUT2D eigenvalue weighted by atomic mass is 32.1. The summed E-state index contributed by atoms with van der Waals surface area (Å²) in [5, 5.41) is 0.112. The van der Waals surface area contributed by atoms with Crippen LogP contribution in [0.2, 0.25) is 0 Å². The maximum absolute atomic E-state index is 14.8. The summed E-state index contributed by atoms with van der Waals surface area (Å²) in [5.74, 6) is -1.68. The molecule has 11 nitrogen and oxygen atoms in total. The van der Waals surface area contributed by atoms with E-state index < -0.39 is 53.0 Å². The van der Waals surface area contributed by atoms with Crippen LogP contribution >= 0.6 is 11.3 Å². The Bertz CT molecular complexity index is 1970. The maximum atomic E-state index is 14.8. The van der Waals surface area contributed by atoms with E-state index in [1.54, 1.807) is 27.7 Å². The molecule has 0 N–H and O–H groups in total. The number of ether oxygens (including phenoxy) is 4. The van der Waals surface area contributed by atoms with Crippen molar-refractivity contribution in [2.75, 3.05) is 0 Å². The fourth-order valence-corrected chi connectivity index (χ4v) is 7.78. The minimum absolute atomic E-state index is 0.0513. The predicted molar refractivity (Wildman–Crippen MR) is 174 cm³/mol. The van der Waals surface area contributed by atoms with E-state index in [1.807, 2.05) is 0 Å². The van der Waals surface area contributed by atoms with Crippen LogP contribution in [-0.2, 0) is 31.1 Å². The number of aromatic nitrogens is 3. The first-order valence-electron chi connectivity index (χ1n) is 16.0. The van der Waals surface area contributed by atoms with Gasteiger partial charge in [-0.05, 0) is 91.0 Å². The van der Waals surface area contributed by atoms with E-state index in [9.17, 15) is 27.6 Å². The third-order valence-corrected chi connectivity index (χ3v) is 10.1. The summed E-state index contributed by atoms with van der Waals surface area (Å²) in [6, 6.07) is 3.12. The fourth-order valence-electron chi connectivity index (χ4n) is 6.54. The van der Waals surface area contributed by atoms with Crippen molar-refractivity contribution < 1.29 is 41.3 Å². The third kappa shape index (κ3) is 6.93. The second-order valence-electron chi connectivity index (χ2n) is 13.9. The van der Waals surface area contributed by atoms with Crippen LogP contribution < -0.4 is 16.0 Å². The van der Waals surface area contributed by atoms with Crippen LogP contribution in [-0.4, -0.2) is 50.6 Å². The van der Waals surface area contributed by atoms with E-state index in [4.69, 9.17) is 23.4 Å². The Kier molecular flexibility index (Phi) is 9.30. The van der Waals surface area contributed by atoms with Crippen LogP contribution in [0.3, 0.4) is 0 Å². The molecule has 2 aliphatic heterocycles. The molecule has 264 valence electrons. The maximum Gasteiger partial charge on any atom is 0.387 e. The lowest BCUT2D eigenvalue weighted by Gasteiger charge is -2.33. The van der Waals surface area contributed by atoms with Gasteiger partial charge < -0.3 is 23.4 Å². The number of fused-ring (bicyclic) bond motifs is 3. The predicted octanol–water partition coefficient (Wildman–Crippen LogP) is 6.47. The third-order valence-electron chi connectivity index (χ3n) is 8.78. The summed E-state index contributed by atoms with van der Waals surface area (Å²) in [7, 11) is 0. The molecule has 0 spiro atoms. The van der Waals surface area contributed by atoms with Crippen LogP contribution in [0.25, 0.3) is 21.0 Å². The van der Waals surface area contributed by atoms with Crippen LogP contribution in [0.5, 0.6) is 5.75 Å². The molecule has 0 radical (unpaired) electrons. The van der Waals surface area contributed by atoms with Crippen LogP contribution in [0, 0.1) is 12.7 Å². The Morgan fingerprint density at radius 3 is 2.43 bits per heavy atom. The van der Waals surface area contributed by atoms with Gasteiger partial charge in [-0.3, -0.25) is 9.36 Å². The summed E-state index contributed by atoms with van der Waals surface area (Å²) in [6.45, 7) is 5.90. The normalized spacial score (nSPS) is 20.2.